The Morgan fingerprint density at radius 3 is 2.85 bits per heavy atom. The molecule has 6 nitrogen and oxygen atoms in total. The number of hydrogen-bond acceptors (Lipinski definition) is 5. The Kier molecular flexibility index (Phi) is 6.46. The lowest BCUT2D eigenvalue weighted by atomic mass is 9.90. The number of rotatable bonds is 7. The molecule has 0 fully saturated rings. The SMILES string of the molecule is NCCSCCC(=O)Nc1cccc(-c2n[nH]c(=O)c3c2CCCC3)c1. The molecule has 1 aromatic heterocycles. The van der Waals surface area contributed by atoms with Gasteiger partial charge in [-0.1, -0.05) is 12.1 Å². The Morgan fingerprint density at radius 2 is 2.04 bits per heavy atom. The summed E-state index contributed by atoms with van der Waals surface area (Å²) in [5.74, 6) is 1.62. The summed E-state index contributed by atoms with van der Waals surface area (Å²) in [6.45, 7) is 0.630. The first-order valence-corrected chi connectivity index (χ1v) is 10.1. The number of carbonyl (C=O) groups is 1. The van der Waals surface area contributed by atoms with Crippen LogP contribution in [0.2, 0.25) is 0 Å². The van der Waals surface area contributed by atoms with Crippen molar-refractivity contribution >= 4 is 23.4 Å². The predicted octanol–water partition coefficient (Wildman–Crippen LogP) is 2.34. The molecular formula is C19H24N4O2S. The van der Waals surface area contributed by atoms with Crippen LogP contribution in [0.4, 0.5) is 5.69 Å². The van der Waals surface area contributed by atoms with Crippen molar-refractivity contribution in [3.63, 3.8) is 0 Å². The second kappa shape index (κ2) is 9.00. The molecule has 0 saturated heterocycles. The third kappa shape index (κ3) is 4.53. The normalized spacial score (nSPS) is 13.3. The van der Waals surface area contributed by atoms with Crippen LogP contribution in [0.1, 0.15) is 30.4 Å². The van der Waals surface area contributed by atoms with Gasteiger partial charge in [0.25, 0.3) is 5.56 Å². The van der Waals surface area contributed by atoms with Gasteiger partial charge in [0.05, 0.1) is 5.69 Å². The van der Waals surface area contributed by atoms with Gasteiger partial charge in [0.2, 0.25) is 5.91 Å². The van der Waals surface area contributed by atoms with Crippen molar-refractivity contribution in [3.8, 4) is 11.3 Å². The second-order valence-corrected chi connectivity index (χ2v) is 7.57. The van der Waals surface area contributed by atoms with Gasteiger partial charge in [-0.25, -0.2) is 5.10 Å². The summed E-state index contributed by atoms with van der Waals surface area (Å²) in [7, 11) is 0. The van der Waals surface area contributed by atoms with Crippen molar-refractivity contribution in [1.82, 2.24) is 10.2 Å². The molecule has 2 aromatic rings. The van der Waals surface area contributed by atoms with Crippen LogP contribution in [-0.2, 0) is 17.6 Å². The fourth-order valence-corrected chi connectivity index (χ4v) is 3.92. The molecule has 1 aliphatic rings. The first-order chi connectivity index (χ1) is 12.7. The molecular weight excluding hydrogens is 348 g/mol. The van der Waals surface area contributed by atoms with E-state index in [1.165, 1.54) is 0 Å². The summed E-state index contributed by atoms with van der Waals surface area (Å²) in [6.07, 6.45) is 4.24. The Morgan fingerprint density at radius 1 is 1.23 bits per heavy atom. The van der Waals surface area contributed by atoms with Crippen LogP contribution >= 0.6 is 11.8 Å². The molecule has 4 N–H and O–H groups in total. The number of aromatic amines is 1. The topological polar surface area (TPSA) is 101 Å². The van der Waals surface area contributed by atoms with E-state index >= 15 is 0 Å². The standard InChI is InChI=1S/C19H24N4O2S/c20-9-11-26-10-8-17(24)21-14-5-3-4-13(12-14)18-15-6-1-2-7-16(15)19(25)23-22-18/h3-5,12H,1-2,6-11,20H2,(H,21,24)(H,23,25). The van der Waals surface area contributed by atoms with E-state index < -0.39 is 0 Å². The van der Waals surface area contributed by atoms with Gasteiger partial charge >= 0.3 is 0 Å². The number of H-pyrrole nitrogens is 1. The lowest BCUT2D eigenvalue weighted by Gasteiger charge is -2.17. The van der Waals surface area contributed by atoms with E-state index in [0.717, 1.165) is 65.3 Å². The number of fused-ring (bicyclic) bond motifs is 1. The zero-order chi connectivity index (χ0) is 18.4. The number of thioether (sulfide) groups is 1. The van der Waals surface area contributed by atoms with Gasteiger partial charge in [-0.15, -0.1) is 0 Å². The fourth-order valence-electron chi connectivity index (χ4n) is 3.22. The van der Waals surface area contributed by atoms with Crippen molar-refractivity contribution in [2.45, 2.75) is 32.1 Å². The lowest BCUT2D eigenvalue weighted by molar-refractivity contribution is -0.115. The molecule has 1 aliphatic carbocycles. The van der Waals surface area contributed by atoms with Gasteiger partial charge in [-0.2, -0.15) is 16.9 Å². The number of aromatic nitrogens is 2. The highest BCUT2D eigenvalue weighted by molar-refractivity contribution is 7.99. The maximum Gasteiger partial charge on any atom is 0.267 e. The summed E-state index contributed by atoms with van der Waals surface area (Å²) in [5.41, 5.74) is 9.74. The summed E-state index contributed by atoms with van der Waals surface area (Å²) in [6, 6.07) is 7.64. The zero-order valence-electron chi connectivity index (χ0n) is 14.7. The summed E-state index contributed by atoms with van der Waals surface area (Å²) in [4.78, 5) is 24.1. The minimum Gasteiger partial charge on any atom is -0.330 e. The van der Waals surface area contributed by atoms with Gasteiger partial charge in [-0.05, 0) is 43.4 Å². The van der Waals surface area contributed by atoms with E-state index in [2.05, 4.69) is 15.5 Å². The van der Waals surface area contributed by atoms with Crippen molar-refractivity contribution in [2.75, 3.05) is 23.4 Å². The Hall–Kier alpha value is -2.12. The molecule has 1 heterocycles. The Bertz CT molecular complexity index is 835. The van der Waals surface area contributed by atoms with E-state index in [9.17, 15) is 9.59 Å². The molecule has 0 aliphatic heterocycles. The quantitative estimate of drug-likeness (QED) is 0.648. The van der Waals surface area contributed by atoms with Crippen LogP contribution in [0, 0.1) is 0 Å². The van der Waals surface area contributed by atoms with Crippen LogP contribution in [0.25, 0.3) is 11.3 Å². The third-order valence-corrected chi connectivity index (χ3v) is 5.47. The number of anilines is 1. The molecule has 7 heteroatoms. The molecule has 0 saturated carbocycles. The molecule has 0 spiro atoms. The van der Waals surface area contributed by atoms with Gasteiger partial charge < -0.3 is 11.1 Å². The summed E-state index contributed by atoms with van der Waals surface area (Å²) in [5, 5.41) is 9.84. The van der Waals surface area contributed by atoms with Crippen LogP contribution in [-0.4, -0.2) is 34.2 Å². The minimum absolute atomic E-state index is 0.0110. The minimum atomic E-state index is -0.0807. The smallest absolute Gasteiger partial charge is 0.267 e. The molecule has 0 atom stereocenters. The van der Waals surface area contributed by atoms with Crippen LogP contribution < -0.4 is 16.6 Å². The number of amides is 1. The van der Waals surface area contributed by atoms with Crippen LogP contribution in [0.3, 0.4) is 0 Å². The molecule has 3 rings (SSSR count). The number of carbonyl (C=O) groups excluding carboxylic acids is 1. The zero-order valence-corrected chi connectivity index (χ0v) is 15.5. The van der Waals surface area contributed by atoms with E-state index in [1.54, 1.807) is 11.8 Å². The lowest BCUT2D eigenvalue weighted by Crippen LogP contribution is -2.21. The van der Waals surface area contributed by atoms with Crippen molar-refractivity contribution in [3.05, 3.63) is 45.7 Å². The van der Waals surface area contributed by atoms with Gasteiger partial charge in [0.15, 0.2) is 0 Å². The van der Waals surface area contributed by atoms with Crippen LogP contribution in [0.5, 0.6) is 0 Å². The highest BCUT2D eigenvalue weighted by Gasteiger charge is 2.19. The predicted molar refractivity (Wildman–Crippen MR) is 107 cm³/mol. The van der Waals surface area contributed by atoms with Gasteiger partial charge in [-0.3, -0.25) is 9.59 Å². The molecule has 0 unspecified atom stereocenters. The Balaban J connectivity index is 1.76. The highest BCUT2D eigenvalue weighted by Crippen LogP contribution is 2.29. The first kappa shape index (κ1) is 18.7. The number of benzene rings is 1. The highest BCUT2D eigenvalue weighted by atomic mass is 32.2. The number of nitrogens with zero attached hydrogens (tertiary/aromatic N) is 1. The maximum atomic E-state index is 12.1. The molecule has 1 amide bonds. The molecule has 0 bridgehead atoms. The largest absolute Gasteiger partial charge is 0.330 e. The molecule has 0 radical (unpaired) electrons. The average molecular weight is 372 g/mol. The average Bonchev–Trinajstić information content (AvgIpc) is 2.66. The van der Waals surface area contributed by atoms with E-state index in [0.29, 0.717) is 13.0 Å². The number of nitrogens with two attached hydrogens (primary N) is 1. The summed E-state index contributed by atoms with van der Waals surface area (Å²) >= 11 is 1.68. The third-order valence-electron chi connectivity index (χ3n) is 4.45. The summed E-state index contributed by atoms with van der Waals surface area (Å²) < 4.78 is 0. The fraction of sp³-hybridized carbons (Fsp3) is 0.421. The number of hydrogen-bond donors (Lipinski definition) is 3. The second-order valence-electron chi connectivity index (χ2n) is 6.35. The van der Waals surface area contributed by atoms with Crippen LogP contribution in [0.15, 0.2) is 29.1 Å². The monoisotopic (exact) mass is 372 g/mol. The molecule has 138 valence electrons. The van der Waals surface area contributed by atoms with E-state index in [-0.39, 0.29) is 11.5 Å². The van der Waals surface area contributed by atoms with Crippen molar-refractivity contribution < 1.29 is 4.79 Å². The first-order valence-electron chi connectivity index (χ1n) is 8.97. The van der Waals surface area contributed by atoms with Gasteiger partial charge in [0.1, 0.15) is 0 Å². The van der Waals surface area contributed by atoms with Gasteiger partial charge in [0, 0.05) is 41.3 Å². The van der Waals surface area contributed by atoms with E-state index in [1.807, 2.05) is 24.3 Å². The maximum absolute atomic E-state index is 12.1. The van der Waals surface area contributed by atoms with Crippen molar-refractivity contribution in [1.29, 1.82) is 0 Å². The number of nitrogens with one attached hydrogen (secondary N) is 2. The molecule has 1 aromatic carbocycles. The van der Waals surface area contributed by atoms with E-state index in [4.69, 9.17) is 5.73 Å². The Labute approximate surface area is 157 Å². The molecule has 26 heavy (non-hydrogen) atoms. The van der Waals surface area contributed by atoms with Crippen molar-refractivity contribution in [2.24, 2.45) is 5.73 Å².